The molecule has 0 heterocycles. The summed E-state index contributed by atoms with van der Waals surface area (Å²) in [7, 11) is 0. The summed E-state index contributed by atoms with van der Waals surface area (Å²) in [5, 5.41) is 2.79. The first-order valence-electron chi connectivity index (χ1n) is 5.39. The topological polar surface area (TPSA) is 38.3 Å². The number of rotatable bonds is 5. The zero-order valence-corrected chi connectivity index (χ0v) is 12.3. The molecule has 0 fully saturated rings. The molecule has 0 aliphatic heterocycles. The second-order valence-corrected chi connectivity index (χ2v) is 5.23. The zero-order chi connectivity index (χ0) is 12.8. The number of hydrogen-bond acceptors (Lipinski definition) is 3. The zero-order valence-electron chi connectivity index (χ0n) is 9.87. The van der Waals surface area contributed by atoms with Crippen molar-refractivity contribution in [2.45, 2.75) is 24.8 Å². The van der Waals surface area contributed by atoms with Crippen LogP contribution < -0.4 is 5.32 Å². The quantitative estimate of drug-likeness (QED) is 0.647. The van der Waals surface area contributed by atoms with Gasteiger partial charge in [-0.3, -0.25) is 4.79 Å². The number of hydrogen-bond donors (Lipinski definition) is 2. The normalized spacial score (nSPS) is 10.6. The van der Waals surface area contributed by atoms with Crippen LogP contribution in [-0.4, -0.2) is 25.2 Å². The molecule has 1 rings (SSSR count). The summed E-state index contributed by atoms with van der Waals surface area (Å²) >= 11 is 7.59. The molecule has 3 nitrogen and oxygen atoms in total. The first kappa shape index (κ1) is 14.5. The lowest BCUT2D eigenvalue weighted by Gasteiger charge is -2.09. The maximum absolute atomic E-state index is 11.8. The highest BCUT2D eigenvalue weighted by atomic mass is 79.9. The Kier molecular flexibility index (Phi) is 6.02. The summed E-state index contributed by atoms with van der Waals surface area (Å²) in [6.45, 7) is 4.94. The highest BCUT2D eigenvalue weighted by molar-refractivity contribution is 9.10. The molecule has 0 bridgehead atoms. The van der Waals surface area contributed by atoms with Crippen LogP contribution >= 0.6 is 28.6 Å². The lowest BCUT2D eigenvalue weighted by Crippen LogP contribution is -2.28. The summed E-state index contributed by atoms with van der Waals surface area (Å²) in [4.78, 5) is 12.4. The number of halogens is 1. The summed E-state index contributed by atoms with van der Waals surface area (Å²) in [6, 6.07) is 5.35. The van der Waals surface area contributed by atoms with E-state index >= 15 is 0 Å². The van der Waals surface area contributed by atoms with Crippen molar-refractivity contribution in [2.75, 3.05) is 13.2 Å². The monoisotopic (exact) mass is 317 g/mol. The van der Waals surface area contributed by atoms with Crippen LogP contribution in [0.15, 0.2) is 27.6 Å². The van der Waals surface area contributed by atoms with Gasteiger partial charge >= 0.3 is 0 Å². The molecule has 0 saturated carbocycles. The van der Waals surface area contributed by atoms with E-state index in [4.69, 9.17) is 4.74 Å². The van der Waals surface area contributed by atoms with Gasteiger partial charge < -0.3 is 10.1 Å². The first-order chi connectivity index (χ1) is 8.00. The van der Waals surface area contributed by atoms with Crippen LogP contribution in [0.25, 0.3) is 0 Å². The Morgan fingerprint density at radius 3 is 2.82 bits per heavy atom. The maximum atomic E-state index is 11.8. The predicted octanol–water partition coefficient (Wildman–Crippen LogP) is 2.89. The fourth-order valence-electron chi connectivity index (χ4n) is 1.25. The minimum Gasteiger partial charge on any atom is -0.377 e. The van der Waals surface area contributed by atoms with Crippen molar-refractivity contribution in [3.8, 4) is 0 Å². The van der Waals surface area contributed by atoms with Crippen LogP contribution in [-0.2, 0) is 4.74 Å². The summed E-state index contributed by atoms with van der Waals surface area (Å²) in [5.74, 6) is -0.130. The molecule has 0 radical (unpaired) electrons. The van der Waals surface area contributed by atoms with E-state index in [0.29, 0.717) is 23.6 Å². The Balaban J connectivity index is 2.47. The van der Waals surface area contributed by atoms with E-state index in [1.807, 2.05) is 19.9 Å². The van der Waals surface area contributed by atoms with Gasteiger partial charge in [-0.2, -0.15) is 0 Å². The van der Waals surface area contributed by atoms with E-state index in [1.165, 1.54) is 0 Å². The van der Waals surface area contributed by atoms with E-state index in [1.54, 1.807) is 12.1 Å². The fraction of sp³-hybridized carbons (Fsp3) is 0.417. The summed E-state index contributed by atoms with van der Waals surface area (Å²) in [5.41, 5.74) is 0.570. The van der Waals surface area contributed by atoms with Gasteiger partial charge in [0.25, 0.3) is 5.91 Å². The van der Waals surface area contributed by atoms with Crippen molar-refractivity contribution in [1.29, 1.82) is 0 Å². The Morgan fingerprint density at radius 2 is 2.24 bits per heavy atom. The highest BCUT2D eigenvalue weighted by Crippen LogP contribution is 2.19. The smallest absolute Gasteiger partial charge is 0.252 e. The van der Waals surface area contributed by atoms with E-state index < -0.39 is 0 Å². The lowest BCUT2D eigenvalue weighted by molar-refractivity contribution is 0.0745. The van der Waals surface area contributed by atoms with Gasteiger partial charge in [-0.1, -0.05) is 15.9 Å². The standard InChI is InChI=1S/C12H16BrNO2S/c1-8(2)16-6-5-14-12(15)10-4-3-9(13)7-11(10)17/h3-4,7-8,17H,5-6H2,1-2H3,(H,14,15). The van der Waals surface area contributed by atoms with Crippen LogP contribution in [0.1, 0.15) is 24.2 Å². The molecule has 0 atom stereocenters. The average Bonchev–Trinajstić information content (AvgIpc) is 2.23. The van der Waals surface area contributed by atoms with Crippen molar-refractivity contribution in [2.24, 2.45) is 0 Å². The van der Waals surface area contributed by atoms with Crippen LogP contribution in [0, 0.1) is 0 Å². The number of amides is 1. The van der Waals surface area contributed by atoms with Gasteiger partial charge in [0.15, 0.2) is 0 Å². The second kappa shape index (κ2) is 7.03. The van der Waals surface area contributed by atoms with Crippen molar-refractivity contribution >= 4 is 34.5 Å². The molecular weight excluding hydrogens is 302 g/mol. The third-order valence-electron chi connectivity index (χ3n) is 2.04. The number of ether oxygens (including phenoxy) is 1. The van der Waals surface area contributed by atoms with Gasteiger partial charge in [-0.15, -0.1) is 12.6 Å². The first-order valence-corrected chi connectivity index (χ1v) is 6.63. The minimum absolute atomic E-state index is 0.130. The van der Waals surface area contributed by atoms with Crippen LogP contribution in [0.2, 0.25) is 0 Å². The van der Waals surface area contributed by atoms with E-state index in [0.717, 1.165) is 4.47 Å². The van der Waals surface area contributed by atoms with Crippen LogP contribution in [0.5, 0.6) is 0 Å². The molecular formula is C12H16BrNO2S. The van der Waals surface area contributed by atoms with E-state index in [-0.39, 0.29) is 12.0 Å². The Bertz CT molecular complexity index is 396. The molecule has 0 aromatic heterocycles. The van der Waals surface area contributed by atoms with Gasteiger partial charge in [-0.05, 0) is 32.0 Å². The van der Waals surface area contributed by atoms with Crippen LogP contribution in [0.3, 0.4) is 0 Å². The SMILES string of the molecule is CC(C)OCCNC(=O)c1ccc(Br)cc1S. The number of carbonyl (C=O) groups excluding carboxylic acids is 1. The highest BCUT2D eigenvalue weighted by Gasteiger charge is 2.08. The van der Waals surface area contributed by atoms with Gasteiger partial charge in [0.1, 0.15) is 0 Å². The van der Waals surface area contributed by atoms with Crippen LogP contribution in [0.4, 0.5) is 0 Å². The Hall–Kier alpha value is -0.520. The number of carbonyl (C=O) groups is 1. The van der Waals surface area contributed by atoms with Gasteiger partial charge in [0.2, 0.25) is 0 Å². The molecule has 1 aromatic rings. The predicted molar refractivity (Wildman–Crippen MR) is 74.8 cm³/mol. The fourth-order valence-corrected chi connectivity index (χ4v) is 2.10. The van der Waals surface area contributed by atoms with Gasteiger partial charge in [0, 0.05) is 15.9 Å². The number of thiol groups is 1. The molecule has 1 amide bonds. The molecule has 1 N–H and O–H groups in total. The Morgan fingerprint density at radius 1 is 1.53 bits per heavy atom. The van der Waals surface area contributed by atoms with Crippen molar-refractivity contribution < 1.29 is 9.53 Å². The van der Waals surface area contributed by atoms with E-state index in [2.05, 4.69) is 33.9 Å². The molecule has 0 aliphatic carbocycles. The van der Waals surface area contributed by atoms with Crippen molar-refractivity contribution in [3.63, 3.8) is 0 Å². The molecule has 0 unspecified atom stereocenters. The van der Waals surface area contributed by atoms with Gasteiger partial charge in [0.05, 0.1) is 18.3 Å². The third-order valence-corrected chi connectivity index (χ3v) is 2.91. The molecule has 0 saturated heterocycles. The summed E-state index contributed by atoms with van der Waals surface area (Å²) < 4.78 is 6.24. The van der Waals surface area contributed by atoms with E-state index in [9.17, 15) is 4.79 Å². The third kappa shape index (κ3) is 5.10. The largest absolute Gasteiger partial charge is 0.377 e. The maximum Gasteiger partial charge on any atom is 0.252 e. The average molecular weight is 318 g/mol. The van der Waals surface area contributed by atoms with Crippen molar-refractivity contribution in [1.82, 2.24) is 5.32 Å². The molecule has 0 aliphatic rings. The minimum atomic E-state index is -0.130. The molecule has 1 aromatic carbocycles. The molecule has 94 valence electrons. The van der Waals surface area contributed by atoms with Gasteiger partial charge in [-0.25, -0.2) is 0 Å². The number of benzene rings is 1. The molecule has 0 spiro atoms. The second-order valence-electron chi connectivity index (χ2n) is 3.84. The number of nitrogens with one attached hydrogen (secondary N) is 1. The summed E-state index contributed by atoms with van der Waals surface area (Å²) in [6.07, 6.45) is 0.181. The van der Waals surface area contributed by atoms with Crippen molar-refractivity contribution in [3.05, 3.63) is 28.2 Å². The lowest BCUT2D eigenvalue weighted by atomic mass is 10.2. The Labute approximate surface area is 115 Å². The molecule has 5 heteroatoms. The molecule has 17 heavy (non-hydrogen) atoms.